The van der Waals surface area contributed by atoms with Crippen molar-refractivity contribution in [2.24, 2.45) is 5.41 Å². The van der Waals surface area contributed by atoms with Crippen LogP contribution in [0.3, 0.4) is 0 Å². The van der Waals surface area contributed by atoms with E-state index in [0.717, 1.165) is 45.3 Å². The lowest BCUT2D eigenvalue weighted by Crippen LogP contribution is -2.48. The van der Waals surface area contributed by atoms with Crippen molar-refractivity contribution < 1.29 is 9.90 Å². The van der Waals surface area contributed by atoms with Crippen molar-refractivity contribution in [1.29, 1.82) is 0 Å². The zero-order valence-corrected chi connectivity index (χ0v) is 10.6. The summed E-state index contributed by atoms with van der Waals surface area (Å²) in [7, 11) is 0. The summed E-state index contributed by atoms with van der Waals surface area (Å²) in [6, 6.07) is 8.50. The maximum absolute atomic E-state index is 11.4. The maximum Gasteiger partial charge on any atom is 0.310 e. The summed E-state index contributed by atoms with van der Waals surface area (Å²) >= 11 is 0. The molecule has 1 aromatic rings. The van der Waals surface area contributed by atoms with Gasteiger partial charge in [-0.15, -0.1) is 0 Å². The molecule has 18 heavy (non-hydrogen) atoms. The van der Waals surface area contributed by atoms with E-state index in [1.165, 1.54) is 11.1 Å². The number of fused-ring (bicyclic) bond motifs is 1. The van der Waals surface area contributed by atoms with Gasteiger partial charge in [-0.25, -0.2) is 0 Å². The summed E-state index contributed by atoms with van der Waals surface area (Å²) in [5.74, 6) is -0.604. The second-order valence-electron chi connectivity index (χ2n) is 5.67. The first-order valence-electron chi connectivity index (χ1n) is 6.72. The van der Waals surface area contributed by atoms with Gasteiger partial charge in [-0.3, -0.25) is 9.69 Å². The van der Waals surface area contributed by atoms with Crippen LogP contribution < -0.4 is 0 Å². The largest absolute Gasteiger partial charge is 0.481 e. The molecule has 0 aromatic heterocycles. The van der Waals surface area contributed by atoms with E-state index in [9.17, 15) is 9.90 Å². The molecule has 0 radical (unpaired) electrons. The van der Waals surface area contributed by atoms with E-state index < -0.39 is 11.4 Å². The van der Waals surface area contributed by atoms with Crippen LogP contribution in [0.1, 0.15) is 30.4 Å². The van der Waals surface area contributed by atoms with Gasteiger partial charge in [0.2, 0.25) is 0 Å². The molecule has 1 N–H and O–H groups in total. The highest BCUT2D eigenvalue weighted by Crippen LogP contribution is 2.42. The van der Waals surface area contributed by atoms with Crippen molar-refractivity contribution in [2.75, 3.05) is 13.1 Å². The lowest BCUT2D eigenvalue weighted by molar-refractivity contribution is -0.156. The Labute approximate surface area is 107 Å². The Morgan fingerprint density at radius 2 is 2.00 bits per heavy atom. The summed E-state index contributed by atoms with van der Waals surface area (Å²) in [5, 5.41) is 9.38. The molecule has 2 aliphatic rings. The summed E-state index contributed by atoms with van der Waals surface area (Å²) < 4.78 is 0. The fraction of sp³-hybridized carbons (Fsp3) is 0.533. The molecule has 1 fully saturated rings. The second kappa shape index (κ2) is 4.39. The van der Waals surface area contributed by atoms with Crippen molar-refractivity contribution in [3.8, 4) is 0 Å². The molecule has 0 bridgehead atoms. The first kappa shape index (κ1) is 11.7. The van der Waals surface area contributed by atoms with Crippen LogP contribution >= 0.6 is 0 Å². The van der Waals surface area contributed by atoms with Crippen molar-refractivity contribution in [3.05, 3.63) is 35.4 Å². The van der Waals surface area contributed by atoms with E-state index in [0.29, 0.717) is 0 Å². The molecular formula is C15H19NO2. The predicted octanol–water partition coefficient (Wildman–Crippen LogP) is 2.30. The number of hydrogen-bond acceptors (Lipinski definition) is 2. The third-order valence-corrected chi connectivity index (χ3v) is 4.50. The Balaban J connectivity index is 1.71. The zero-order chi connectivity index (χ0) is 12.6. The van der Waals surface area contributed by atoms with Gasteiger partial charge >= 0.3 is 5.97 Å². The Hall–Kier alpha value is -1.35. The maximum atomic E-state index is 11.4. The highest BCUT2D eigenvalue weighted by atomic mass is 16.4. The summed E-state index contributed by atoms with van der Waals surface area (Å²) in [6.45, 7) is 2.62. The lowest BCUT2D eigenvalue weighted by atomic mass is 9.68. The van der Waals surface area contributed by atoms with Crippen LogP contribution in [0, 0.1) is 5.41 Å². The Morgan fingerprint density at radius 3 is 2.61 bits per heavy atom. The van der Waals surface area contributed by atoms with Crippen molar-refractivity contribution in [3.63, 3.8) is 0 Å². The molecule has 3 heteroatoms. The van der Waals surface area contributed by atoms with Gasteiger partial charge in [0.1, 0.15) is 0 Å². The van der Waals surface area contributed by atoms with E-state index in [-0.39, 0.29) is 0 Å². The monoisotopic (exact) mass is 245 g/mol. The molecule has 0 spiro atoms. The highest BCUT2D eigenvalue weighted by molar-refractivity contribution is 5.76. The Kier molecular flexibility index (Phi) is 2.86. The molecule has 0 amide bonds. The van der Waals surface area contributed by atoms with Crippen LogP contribution in [0.15, 0.2) is 24.3 Å². The molecular weight excluding hydrogens is 226 g/mol. The van der Waals surface area contributed by atoms with E-state index in [2.05, 4.69) is 29.2 Å². The van der Waals surface area contributed by atoms with Gasteiger partial charge in [-0.05, 0) is 30.4 Å². The van der Waals surface area contributed by atoms with Crippen LogP contribution in [0.25, 0.3) is 0 Å². The van der Waals surface area contributed by atoms with Crippen LogP contribution in [0.5, 0.6) is 0 Å². The number of nitrogens with zero attached hydrogens (tertiary/aromatic N) is 1. The van der Waals surface area contributed by atoms with Gasteiger partial charge in [0, 0.05) is 19.6 Å². The number of benzene rings is 1. The molecule has 3 rings (SSSR count). The lowest BCUT2D eigenvalue weighted by Gasteiger charge is -2.42. The Bertz CT molecular complexity index is 465. The van der Waals surface area contributed by atoms with Gasteiger partial charge in [-0.2, -0.15) is 0 Å². The average molecular weight is 245 g/mol. The standard InChI is InChI=1S/C15H19NO2/c17-14(18)15(7-3-8-15)11-16-9-6-12-4-1-2-5-13(12)10-16/h1-2,4-5H,3,6-11H2,(H,17,18). The minimum atomic E-state index is -0.604. The van der Waals surface area contributed by atoms with Gasteiger partial charge < -0.3 is 5.11 Å². The van der Waals surface area contributed by atoms with Gasteiger partial charge in [0.15, 0.2) is 0 Å². The van der Waals surface area contributed by atoms with E-state index >= 15 is 0 Å². The van der Waals surface area contributed by atoms with E-state index in [1.54, 1.807) is 0 Å². The van der Waals surface area contributed by atoms with Crippen LogP contribution in [0.2, 0.25) is 0 Å². The molecule has 1 saturated carbocycles. The molecule has 1 aliphatic carbocycles. The molecule has 1 aromatic carbocycles. The number of carboxylic acids is 1. The molecule has 0 saturated heterocycles. The highest BCUT2D eigenvalue weighted by Gasteiger charge is 2.45. The molecule has 1 aliphatic heterocycles. The minimum absolute atomic E-state index is 0.452. The summed E-state index contributed by atoms with van der Waals surface area (Å²) in [5.41, 5.74) is 2.34. The third kappa shape index (κ3) is 1.93. The number of carboxylic acid groups (broad SMARTS) is 1. The molecule has 96 valence electrons. The normalized spacial score (nSPS) is 22.0. The zero-order valence-electron chi connectivity index (χ0n) is 10.6. The van der Waals surface area contributed by atoms with Crippen LogP contribution in [0.4, 0.5) is 0 Å². The molecule has 3 nitrogen and oxygen atoms in total. The quantitative estimate of drug-likeness (QED) is 0.888. The fourth-order valence-electron chi connectivity index (χ4n) is 3.16. The Morgan fingerprint density at radius 1 is 1.28 bits per heavy atom. The van der Waals surface area contributed by atoms with Gasteiger partial charge in [0.25, 0.3) is 0 Å². The van der Waals surface area contributed by atoms with E-state index in [1.807, 2.05) is 0 Å². The molecule has 1 heterocycles. The first-order chi connectivity index (χ1) is 8.70. The average Bonchev–Trinajstić information content (AvgIpc) is 2.33. The third-order valence-electron chi connectivity index (χ3n) is 4.50. The van der Waals surface area contributed by atoms with Crippen molar-refractivity contribution in [2.45, 2.75) is 32.2 Å². The SMILES string of the molecule is O=C(O)C1(CN2CCc3ccccc3C2)CCC1. The molecule has 0 unspecified atom stereocenters. The van der Waals surface area contributed by atoms with Crippen molar-refractivity contribution in [1.82, 2.24) is 4.90 Å². The number of carbonyl (C=O) groups is 1. The minimum Gasteiger partial charge on any atom is -0.481 e. The predicted molar refractivity (Wildman–Crippen MR) is 69.3 cm³/mol. The smallest absolute Gasteiger partial charge is 0.310 e. The van der Waals surface area contributed by atoms with Crippen LogP contribution in [-0.4, -0.2) is 29.1 Å². The first-order valence-corrected chi connectivity index (χ1v) is 6.72. The number of hydrogen-bond donors (Lipinski definition) is 1. The topological polar surface area (TPSA) is 40.5 Å². The summed E-state index contributed by atoms with van der Waals surface area (Å²) in [6.07, 6.45) is 3.81. The van der Waals surface area contributed by atoms with E-state index in [4.69, 9.17) is 0 Å². The fourth-order valence-corrected chi connectivity index (χ4v) is 3.16. The van der Waals surface area contributed by atoms with Gasteiger partial charge in [-0.1, -0.05) is 30.7 Å². The molecule has 0 atom stereocenters. The summed E-state index contributed by atoms with van der Waals surface area (Å²) in [4.78, 5) is 13.7. The van der Waals surface area contributed by atoms with Gasteiger partial charge in [0.05, 0.1) is 5.41 Å². The van der Waals surface area contributed by atoms with Crippen molar-refractivity contribution >= 4 is 5.97 Å². The van der Waals surface area contributed by atoms with Crippen LogP contribution in [-0.2, 0) is 17.8 Å². The second-order valence-corrected chi connectivity index (χ2v) is 5.67. The number of rotatable bonds is 3. The number of aliphatic carboxylic acids is 1.